The highest BCUT2D eigenvalue weighted by Gasteiger charge is 2.56. The molecule has 1 amide bonds. The first-order valence-electron chi connectivity index (χ1n) is 5.80. The molecule has 8 heteroatoms. The Balaban J connectivity index is 2.81. The van der Waals surface area contributed by atoms with E-state index in [0.29, 0.717) is 0 Å². The number of alkyl halides is 3. The van der Waals surface area contributed by atoms with Gasteiger partial charge in [-0.25, -0.2) is 4.79 Å². The maximum atomic E-state index is 12.6. The molecule has 112 valence electrons. The van der Waals surface area contributed by atoms with Crippen LogP contribution in [0.4, 0.5) is 18.0 Å². The normalized spacial score (nSPS) is 26.1. The highest BCUT2D eigenvalue weighted by atomic mass is 19.4. The van der Waals surface area contributed by atoms with Gasteiger partial charge in [0.2, 0.25) is 0 Å². The van der Waals surface area contributed by atoms with Gasteiger partial charge in [0.15, 0.2) is 6.10 Å². The fraction of sp³-hybridized carbons (Fsp3) is 0.909. The van der Waals surface area contributed by atoms with Gasteiger partial charge in [-0.15, -0.1) is 0 Å². The van der Waals surface area contributed by atoms with Gasteiger partial charge < -0.3 is 19.9 Å². The van der Waals surface area contributed by atoms with Crippen molar-refractivity contribution >= 4 is 6.09 Å². The van der Waals surface area contributed by atoms with E-state index in [4.69, 9.17) is 9.47 Å². The van der Waals surface area contributed by atoms with E-state index < -0.39 is 36.1 Å². The summed E-state index contributed by atoms with van der Waals surface area (Å²) in [6.45, 7) is 4.38. The number of alkyl carbamates (subject to hydrolysis) is 1. The van der Waals surface area contributed by atoms with Crippen LogP contribution < -0.4 is 5.32 Å². The Labute approximate surface area is 109 Å². The Hall–Kier alpha value is -1.02. The minimum absolute atomic E-state index is 0.0307. The molecule has 1 aliphatic rings. The van der Waals surface area contributed by atoms with E-state index in [2.05, 4.69) is 5.32 Å². The first kappa shape index (κ1) is 16.0. The van der Waals surface area contributed by atoms with Crippen molar-refractivity contribution in [2.24, 2.45) is 0 Å². The lowest BCUT2D eigenvalue weighted by Gasteiger charge is -2.35. The van der Waals surface area contributed by atoms with Crippen molar-refractivity contribution in [3.63, 3.8) is 0 Å². The number of hydrogen-bond acceptors (Lipinski definition) is 4. The quantitative estimate of drug-likeness (QED) is 0.808. The van der Waals surface area contributed by atoms with Crippen LogP contribution in [0.3, 0.4) is 0 Å². The molecule has 1 fully saturated rings. The number of aliphatic hydroxyl groups is 1. The summed E-state index contributed by atoms with van der Waals surface area (Å²) in [7, 11) is 0. The SMILES string of the molecule is CC(C)(C)OC(=O)NC1([C@@H](O)C(F)(F)F)CCOC1. The molecule has 0 aliphatic carbocycles. The molecule has 0 radical (unpaired) electrons. The van der Waals surface area contributed by atoms with Gasteiger partial charge in [-0.1, -0.05) is 0 Å². The largest absolute Gasteiger partial charge is 0.444 e. The summed E-state index contributed by atoms with van der Waals surface area (Å²) in [5, 5.41) is 11.5. The summed E-state index contributed by atoms with van der Waals surface area (Å²) in [6.07, 6.45) is -8.69. The second-order valence-electron chi connectivity index (χ2n) is 5.53. The smallest absolute Gasteiger partial charge is 0.416 e. The summed E-state index contributed by atoms with van der Waals surface area (Å²) in [4.78, 5) is 11.6. The maximum Gasteiger partial charge on any atom is 0.416 e. The van der Waals surface area contributed by atoms with Crippen LogP contribution in [0.15, 0.2) is 0 Å². The summed E-state index contributed by atoms with van der Waals surface area (Å²) >= 11 is 0. The van der Waals surface area contributed by atoms with Crippen molar-refractivity contribution in [2.45, 2.75) is 50.6 Å². The number of hydrogen-bond donors (Lipinski definition) is 2. The number of ether oxygens (including phenoxy) is 2. The van der Waals surface area contributed by atoms with Crippen molar-refractivity contribution < 1.29 is 32.5 Å². The van der Waals surface area contributed by atoms with Crippen LogP contribution in [-0.4, -0.2) is 47.8 Å². The second kappa shape index (κ2) is 5.16. The van der Waals surface area contributed by atoms with Crippen molar-refractivity contribution in [1.82, 2.24) is 5.32 Å². The first-order chi connectivity index (χ1) is 8.46. The lowest BCUT2D eigenvalue weighted by molar-refractivity contribution is -0.226. The fourth-order valence-corrected chi connectivity index (χ4v) is 1.78. The predicted octanol–water partition coefficient (Wildman–Crippen LogP) is 1.59. The molecule has 1 rings (SSSR count). The lowest BCUT2D eigenvalue weighted by Crippen LogP contribution is -2.62. The van der Waals surface area contributed by atoms with Crippen molar-refractivity contribution in [1.29, 1.82) is 0 Å². The third-order valence-electron chi connectivity index (χ3n) is 2.64. The number of carbonyl (C=O) groups is 1. The Morgan fingerprint density at radius 2 is 2.00 bits per heavy atom. The number of carbonyl (C=O) groups excluding carboxylic acids is 1. The van der Waals surface area contributed by atoms with Crippen molar-refractivity contribution in [3.05, 3.63) is 0 Å². The van der Waals surface area contributed by atoms with Crippen LogP contribution in [0.25, 0.3) is 0 Å². The Morgan fingerprint density at radius 3 is 2.37 bits per heavy atom. The monoisotopic (exact) mass is 285 g/mol. The predicted molar refractivity (Wildman–Crippen MR) is 59.6 cm³/mol. The third-order valence-corrected chi connectivity index (χ3v) is 2.64. The lowest BCUT2D eigenvalue weighted by atomic mass is 9.91. The highest BCUT2D eigenvalue weighted by Crippen LogP contribution is 2.33. The number of rotatable bonds is 2. The van der Waals surface area contributed by atoms with Crippen molar-refractivity contribution in [2.75, 3.05) is 13.2 Å². The number of amides is 1. The standard InChI is InChI=1S/C11H18F3NO4/c1-9(2,3)19-8(17)15-10(4-5-18-6-10)7(16)11(12,13)14/h7,16H,4-6H2,1-3H3,(H,15,17)/t7-,10?/m1/s1. The van der Waals surface area contributed by atoms with Gasteiger partial charge in [0.1, 0.15) is 11.1 Å². The average molecular weight is 285 g/mol. The van der Waals surface area contributed by atoms with E-state index in [1.807, 2.05) is 0 Å². The summed E-state index contributed by atoms with van der Waals surface area (Å²) < 4.78 is 47.7. The molecule has 0 spiro atoms. The molecule has 0 aromatic carbocycles. The topological polar surface area (TPSA) is 67.8 Å². The molecule has 2 N–H and O–H groups in total. The van der Waals surface area contributed by atoms with Gasteiger partial charge in [0.25, 0.3) is 0 Å². The van der Waals surface area contributed by atoms with Gasteiger partial charge >= 0.3 is 12.3 Å². The number of nitrogens with one attached hydrogen (secondary N) is 1. The number of halogens is 3. The van der Waals surface area contributed by atoms with Crippen LogP contribution in [0.2, 0.25) is 0 Å². The molecule has 1 unspecified atom stereocenters. The van der Waals surface area contributed by atoms with E-state index in [-0.39, 0.29) is 13.0 Å². The van der Waals surface area contributed by atoms with Crippen LogP contribution >= 0.6 is 0 Å². The van der Waals surface area contributed by atoms with Crippen LogP contribution in [0.1, 0.15) is 27.2 Å². The van der Waals surface area contributed by atoms with Gasteiger partial charge in [0, 0.05) is 6.61 Å². The Kier molecular flexibility index (Phi) is 4.36. The molecule has 2 atom stereocenters. The molecular weight excluding hydrogens is 267 g/mol. The molecule has 0 aromatic rings. The van der Waals surface area contributed by atoms with Gasteiger partial charge in [0.05, 0.1) is 6.61 Å². The first-order valence-corrected chi connectivity index (χ1v) is 5.80. The van der Waals surface area contributed by atoms with E-state index in [1.54, 1.807) is 20.8 Å². The average Bonchev–Trinajstić information content (AvgIpc) is 2.61. The molecule has 1 aliphatic heterocycles. The van der Waals surface area contributed by atoms with Crippen LogP contribution in [0.5, 0.6) is 0 Å². The minimum atomic E-state index is -4.84. The van der Waals surface area contributed by atoms with E-state index in [0.717, 1.165) is 0 Å². The Morgan fingerprint density at radius 1 is 1.42 bits per heavy atom. The maximum absolute atomic E-state index is 12.6. The van der Waals surface area contributed by atoms with Gasteiger partial charge in [-0.3, -0.25) is 0 Å². The summed E-state index contributed by atoms with van der Waals surface area (Å²) in [5.74, 6) is 0. The second-order valence-corrected chi connectivity index (χ2v) is 5.53. The zero-order chi connectivity index (χ0) is 14.9. The zero-order valence-corrected chi connectivity index (χ0v) is 11.0. The molecule has 19 heavy (non-hydrogen) atoms. The van der Waals surface area contributed by atoms with E-state index >= 15 is 0 Å². The molecule has 1 heterocycles. The van der Waals surface area contributed by atoms with Gasteiger partial charge in [-0.2, -0.15) is 13.2 Å². The molecular formula is C11H18F3NO4. The minimum Gasteiger partial charge on any atom is -0.444 e. The molecule has 0 saturated carbocycles. The van der Waals surface area contributed by atoms with E-state index in [1.165, 1.54) is 0 Å². The molecule has 0 aromatic heterocycles. The molecule has 0 bridgehead atoms. The Bertz CT molecular complexity index is 332. The summed E-state index contributed by atoms with van der Waals surface area (Å²) in [5.41, 5.74) is -2.73. The van der Waals surface area contributed by atoms with Crippen LogP contribution in [-0.2, 0) is 9.47 Å². The van der Waals surface area contributed by atoms with E-state index in [9.17, 15) is 23.1 Å². The third kappa shape index (κ3) is 4.24. The number of aliphatic hydroxyl groups excluding tert-OH is 1. The highest BCUT2D eigenvalue weighted by molar-refractivity contribution is 5.69. The molecule has 5 nitrogen and oxygen atoms in total. The summed E-state index contributed by atoms with van der Waals surface area (Å²) in [6, 6.07) is 0. The van der Waals surface area contributed by atoms with Crippen molar-refractivity contribution in [3.8, 4) is 0 Å². The van der Waals surface area contributed by atoms with Crippen LogP contribution in [0, 0.1) is 0 Å². The van der Waals surface area contributed by atoms with Gasteiger partial charge in [-0.05, 0) is 27.2 Å². The zero-order valence-electron chi connectivity index (χ0n) is 11.0. The fourth-order valence-electron chi connectivity index (χ4n) is 1.78. The molecule has 1 saturated heterocycles.